The topological polar surface area (TPSA) is 32.3 Å². The van der Waals surface area contributed by atoms with E-state index in [0.29, 0.717) is 5.92 Å². The molecule has 3 heteroatoms. The Hall–Kier alpha value is -0.570. The number of hydrogen-bond acceptors (Lipinski definition) is 2. The number of hydrogen-bond donors (Lipinski definition) is 2. The lowest BCUT2D eigenvalue weighted by Crippen LogP contribution is -2.21. The predicted octanol–water partition coefficient (Wildman–Crippen LogP) is 2.59. The maximum absolute atomic E-state index is 9.40. The van der Waals surface area contributed by atoms with Crippen molar-refractivity contribution in [1.29, 1.82) is 0 Å². The van der Waals surface area contributed by atoms with Crippen LogP contribution in [0.4, 0.5) is 0 Å². The average Bonchev–Trinajstić information content (AvgIpc) is 2.67. The number of aliphatic hydroxyl groups excluding tert-OH is 1. The molecule has 1 aromatic carbocycles. The second-order valence-corrected chi connectivity index (χ2v) is 5.03. The van der Waals surface area contributed by atoms with Gasteiger partial charge in [-0.2, -0.15) is 0 Å². The van der Waals surface area contributed by atoms with Crippen LogP contribution < -0.4 is 5.32 Å². The van der Waals surface area contributed by atoms with Crippen molar-refractivity contribution in [2.45, 2.75) is 31.9 Å². The average molecular weight is 240 g/mol. The van der Waals surface area contributed by atoms with Crippen LogP contribution >= 0.6 is 11.6 Å². The Labute approximate surface area is 102 Å². The van der Waals surface area contributed by atoms with Crippen molar-refractivity contribution in [3.05, 3.63) is 34.9 Å². The van der Waals surface area contributed by atoms with Crippen molar-refractivity contribution in [2.24, 2.45) is 5.92 Å². The Kier molecular flexibility index (Phi) is 4.22. The molecule has 0 bridgehead atoms. The molecule has 0 aliphatic heterocycles. The van der Waals surface area contributed by atoms with Crippen LogP contribution in [0.5, 0.6) is 0 Å². The zero-order chi connectivity index (χ0) is 11.4. The van der Waals surface area contributed by atoms with Gasteiger partial charge in [-0.15, -0.1) is 0 Å². The monoisotopic (exact) mass is 239 g/mol. The minimum absolute atomic E-state index is 0.0673. The van der Waals surface area contributed by atoms with Crippen molar-refractivity contribution < 1.29 is 5.11 Å². The lowest BCUT2D eigenvalue weighted by molar-refractivity contribution is 0.177. The van der Waals surface area contributed by atoms with Gasteiger partial charge in [0.2, 0.25) is 0 Å². The van der Waals surface area contributed by atoms with Gasteiger partial charge in [0.25, 0.3) is 0 Å². The fraction of sp³-hybridized carbons (Fsp3) is 0.538. The van der Waals surface area contributed by atoms with Crippen LogP contribution in [0, 0.1) is 5.92 Å². The summed E-state index contributed by atoms with van der Waals surface area (Å²) in [5.41, 5.74) is 1.25. The molecule has 2 N–H and O–H groups in total. The summed E-state index contributed by atoms with van der Waals surface area (Å²) in [7, 11) is 0. The fourth-order valence-electron chi connectivity index (χ4n) is 2.26. The highest BCUT2D eigenvalue weighted by atomic mass is 35.5. The summed E-state index contributed by atoms with van der Waals surface area (Å²) in [6.07, 6.45) is 3.00. The second kappa shape index (κ2) is 5.67. The number of rotatable bonds is 4. The van der Waals surface area contributed by atoms with Crippen LogP contribution in [0.3, 0.4) is 0 Å². The molecular weight excluding hydrogens is 222 g/mol. The lowest BCUT2D eigenvalue weighted by Gasteiger charge is -2.10. The first-order valence-corrected chi connectivity index (χ1v) is 6.25. The molecule has 1 fully saturated rings. The van der Waals surface area contributed by atoms with E-state index in [2.05, 4.69) is 5.32 Å². The van der Waals surface area contributed by atoms with Crippen LogP contribution in [0.25, 0.3) is 0 Å². The van der Waals surface area contributed by atoms with E-state index < -0.39 is 0 Å². The zero-order valence-electron chi connectivity index (χ0n) is 9.32. The molecule has 88 valence electrons. The third kappa shape index (κ3) is 3.48. The highest BCUT2D eigenvalue weighted by Crippen LogP contribution is 2.24. The van der Waals surface area contributed by atoms with E-state index in [1.807, 2.05) is 24.3 Å². The van der Waals surface area contributed by atoms with E-state index in [1.54, 1.807) is 0 Å². The first kappa shape index (κ1) is 11.9. The third-order valence-corrected chi connectivity index (χ3v) is 3.44. The van der Waals surface area contributed by atoms with Crippen molar-refractivity contribution in [3.63, 3.8) is 0 Å². The van der Waals surface area contributed by atoms with Crippen LogP contribution in [0.1, 0.15) is 24.8 Å². The van der Waals surface area contributed by atoms with Gasteiger partial charge in [0.15, 0.2) is 0 Å². The summed E-state index contributed by atoms with van der Waals surface area (Å²) in [6, 6.07) is 7.91. The summed E-state index contributed by atoms with van der Waals surface area (Å²) in [5, 5.41) is 13.6. The molecule has 0 heterocycles. The molecule has 2 rings (SSSR count). The van der Waals surface area contributed by atoms with Gasteiger partial charge in [0.1, 0.15) is 0 Å². The standard InChI is InChI=1S/C13H18ClNO/c14-12-4-1-10(2-5-12)8-15-9-11-3-6-13(16)7-11/h1-2,4-5,11,13,15-16H,3,6-9H2. The van der Waals surface area contributed by atoms with E-state index in [-0.39, 0.29) is 6.10 Å². The van der Waals surface area contributed by atoms with E-state index in [0.717, 1.165) is 37.4 Å². The molecule has 2 atom stereocenters. The Balaban J connectivity index is 1.70. The van der Waals surface area contributed by atoms with Gasteiger partial charge in [-0.05, 0) is 49.4 Å². The highest BCUT2D eigenvalue weighted by molar-refractivity contribution is 6.30. The maximum Gasteiger partial charge on any atom is 0.0543 e. The fourth-order valence-corrected chi connectivity index (χ4v) is 2.38. The van der Waals surface area contributed by atoms with Gasteiger partial charge in [-0.1, -0.05) is 23.7 Å². The van der Waals surface area contributed by atoms with E-state index in [1.165, 1.54) is 5.56 Å². The Bertz CT molecular complexity index is 325. The van der Waals surface area contributed by atoms with Crippen LogP contribution in [-0.4, -0.2) is 17.8 Å². The van der Waals surface area contributed by atoms with Crippen molar-refractivity contribution in [3.8, 4) is 0 Å². The molecule has 1 aromatic rings. The molecule has 1 aliphatic rings. The summed E-state index contributed by atoms with van der Waals surface area (Å²) < 4.78 is 0. The largest absolute Gasteiger partial charge is 0.393 e. The molecule has 1 saturated carbocycles. The van der Waals surface area contributed by atoms with Crippen molar-refractivity contribution in [2.75, 3.05) is 6.54 Å². The van der Waals surface area contributed by atoms with Gasteiger partial charge >= 0.3 is 0 Å². The molecule has 2 nitrogen and oxygen atoms in total. The first-order valence-electron chi connectivity index (χ1n) is 5.87. The molecule has 0 radical (unpaired) electrons. The van der Waals surface area contributed by atoms with Gasteiger partial charge in [0.05, 0.1) is 6.10 Å². The van der Waals surface area contributed by atoms with E-state index >= 15 is 0 Å². The Morgan fingerprint density at radius 2 is 2.00 bits per heavy atom. The number of halogens is 1. The highest BCUT2D eigenvalue weighted by Gasteiger charge is 2.21. The van der Waals surface area contributed by atoms with E-state index in [9.17, 15) is 5.11 Å². The van der Waals surface area contributed by atoms with Crippen LogP contribution in [0.15, 0.2) is 24.3 Å². The molecule has 0 amide bonds. The molecule has 0 saturated heterocycles. The van der Waals surface area contributed by atoms with Crippen LogP contribution in [0.2, 0.25) is 5.02 Å². The molecule has 16 heavy (non-hydrogen) atoms. The van der Waals surface area contributed by atoms with E-state index in [4.69, 9.17) is 11.6 Å². The van der Waals surface area contributed by atoms with Crippen molar-refractivity contribution >= 4 is 11.6 Å². The second-order valence-electron chi connectivity index (χ2n) is 4.59. The number of benzene rings is 1. The third-order valence-electron chi connectivity index (χ3n) is 3.19. The minimum atomic E-state index is -0.0673. The maximum atomic E-state index is 9.40. The Morgan fingerprint density at radius 1 is 1.25 bits per heavy atom. The Morgan fingerprint density at radius 3 is 2.62 bits per heavy atom. The normalized spacial score (nSPS) is 24.9. The minimum Gasteiger partial charge on any atom is -0.393 e. The van der Waals surface area contributed by atoms with Gasteiger partial charge in [-0.3, -0.25) is 0 Å². The van der Waals surface area contributed by atoms with Gasteiger partial charge in [0, 0.05) is 11.6 Å². The molecule has 2 unspecified atom stereocenters. The quantitative estimate of drug-likeness (QED) is 0.847. The van der Waals surface area contributed by atoms with Gasteiger partial charge in [-0.25, -0.2) is 0 Å². The number of aliphatic hydroxyl groups is 1. The zero-order valence-corrected chi connectivity index (χ0v) is 10.1. The molecule has 0 aromatic heterocycles. The first-order chi connectivity index (χ1) is 7.74. The predicted molar refractivity (Wildman–Crippen MR) is 66.5 cm³/mol. The molecular formula is C13H18ClNO. The summed E-state index contributed by atoms with van der Waals surface area (Å²) >= 11 is 5.82. The summed E-state index contributed by atoms with van der Waals surface area (Å²) in [6.45, 7) is 1.88. The van der Waals surface area contributed by atoms with Crippen LogP contribution in [-0.2, 0) is 6.54 Å². The smallest absolute Gasteiger partial charge is 0.0543 e. The summed E-state index contributed by atoms with van der Waals surface area (Å²) in [5.74, 6) is 0.641. The molecule has 0 spiro atoms. The van der Waals surface area contributed by atoms with Gasteiger partial charge < -0.3 is 10.4 Å². The lowest BCUT2D eigenvalue weighted by atomic mass is 10.1. The molecule has 1 aliphatic carbocycles. The van der Waals surface area contributed by atoms with Crippen molar-refractivity contribution in [1.82, 2.24) is 5.32 Å². The summed E-state index contributed by atoms with van der Waals surface area (Å²) in [4.78, 5) is 0. The number of nitrogens with one attached hydrogen (secondary N) is 1. The SMILES string of the molecule is OC1CCC(CNCc2ccc(Cl)cc2)C1.